The minimum Gasteiger partial charge on any atom is -0.366 e. The normalized spacial score (nSPS) is 20.1. The van der Waals surface area contributed by atoms with Crippen LogP contribution in [0.25, 0.3) is 0 Å². The summed E-state index contributed by atoms with van der Waals surface area (Å²) in [6.07, 6.45) is 6.12. The molecule has 2 aromatic rings. The SMILES string of the molecule is CCC1CCCCN1C(=O)c1ccnc(N2CCN(c3ccccc3F)CC2)c1. The zero-order valence-corrected chi connectivity index (χ0v) is 17.1. The van der Waals surface area contributed by atoms with Gasteiger partial charge in [-0.25, -0.2) is 9.37 Å². The molecule has 1 atom stereocenters. The lowest BCUT2D eigenvalue weighted by atomic mass is 9.99. The smallest absolute Gasteiger partial charge is 0.254 e. The first-order chi connectivity index (χ1) is 14.2. The van der Waals surface area contributed by atoms with E-state index in [9.17, 15) is 9.18 Å². The van der Waals surface area contributed by atoms with Crippen molar-refractivity contribution in [1.29, 1.82) is 0 Å². The molecular weight excluding hydrogens is 367 g/mol. The maximum absolute atomic E-state index is 14.1. The van der Waals surface area contributed by atoms with E-state index in [1.54, 1.807) is 12.3 Å². The lowest BCUT2D eigenvalue weighted by Crippen LogP contribution is -2.47. The Morgan fingerprint density at radius 2 is 1.83 bits per heavy atom. The molecule has 4 rings (SSSR count). The molecule has 1 aromatic heterocycles. The first-order valence-corrected chi connectivity index (χ1v) is 10.7. The van der Waals surface area contributed by atoms with Gasteiger partial charge in [0.2, 0.25) is 0 Å². The van der Waals surface area contributed by atoms with Crippen molar-refractivity contribution in [3.63, 3.8) is 0 Å². The van der Waals surface area contributed by atoms with Crippen molar-refractivity contribution in [1.82, 2.24) is 9.88 Å². The highest BCUT2D eigenvalue weighted by molar-refractivity contribution is 5.95. The van der Waals surface area contributed by atoms with Crippen molar-refractivity contribution in [3.05, 3.63) is 54.0 Å². The number of amides is 1. The summed E-state index contributed by atoms with van der Waals surface area (Å²) in [5, 5.41) is 0. The second-order valence-corrected chi connectivity index (χ2v) is 7.88. The zero-order valence-electron chi connectivity index (χ0n) is 17.1. The fourth-order valence-electron chi connectivity index (χ4n) is 4.47. The molecule has 0 N–H and O–H groups in total. The van der Waals surface area contributed by atoms with Crippen LogP contribution in [0.15, 0.2) is 42.6 Å². The van der Waals surface area contributed by atoms with Gasteiger partial charge in [0.05, 0.1) is 5.69 Å². The number of hydrogen-bond donors (Lipinski definition) is 0. The van der Waals surface area contributed by atoms with Gasteiger partial charge in [0.15, 0.2) is 0 Å². The molecule has 2 aliphatic heterocycles. The predicted molar refractivity (Wildman–Crippen MR) is 114 cm³/mol. The highest BCUT2D eigenvalue weighted by atomic mass is 19.1. The van der Waals surface area contributed by atoms with E-state index in [1.165, 1.54) is 12.5 Å². The Morgan fingerprint density at radius 3 is 2.59 bits per heavy atom. The number of carbonyl (C=O) groups excluding carboxylic acids is 1. The highest BCUT2D eigenvalue weighted by Crippen LogP contribution is 2.25. The maximum atomic E-state index is 14.1. The van der Waals surface area contributed by atoms with E-state index in [0.29, 0.717) is 17.3 Å². The number of piperidine rings is 1. The van der Waals surface area contributed by atoms with Gasteiger partial charge in [-0.05, 0) is 49.9 Å². The van der Waals surface area contributed by atoms with E-state index in [0.717, 1.165) is 57.8 Å². The molecule has 0 spiro atoms. The average molecular weight is 397 g/mol. The number of piperazine rings is 1. The average Bonchev–Trinajstić information content (AvgIpc) is 2.79. The van der Waals surface area contributed by atoms with Crippen LogP contribution in [0.4, 0.5) is 15.9 Å². The summed E-state index contributed by atoms with van der Waals surface area (Å²) < 4.78 is 14.1. The van der Waals surface area contributed by atoms with Gasteiger partial charge < -0.3 is 14.7 Å². The first kappa shape index (κ1) is 19.7. The van der Waals surface area contributed by atoms with Crippen molar-refractivity contribution in [2.45, 2.75) is 38.6 Å². The molecule has 2 saturated heterocycles. The number of halogens is 1. The van der Waals surface area contributed by atoms with Crippen molar-refractivity contribution in [2.75, 3.05) is 42.5 Å². The molecule has 29 heavy (non-hydrogen) atoms. The number of carbonyl (C=O) groups is 1. The van der Waals surface area contributed by atoms with Gasteiger partial charge >= 0.3 is 0 Å². The molecule has 154 valence electrons. The lowest BCUT2D eigenvalue weighted by Gasteiger charge is -2.37. The van der Waals surface area contributed by atoms with Gasteiger partial charge in [-0.3, -0.25) is 4.79 Å². The highest BCUT2D eigenvalue weighted by Gasteiger charge is 2.27. The third kappa shape index (κ3) is 4.21. The molecule has 1 unspecified atom stereocenters. The van der Waals surface area contributed by atoms with Crippen molar-refractivity contribution < 1.29 is 9.18 Å². The molecule has 0 radical (unpaired) electrons. The van der Waals surface area contributed by atoms with Crippen LogP contribution >= 0.6 is 0 Å². The largest absolute Gasteiger partial charge is 0.366 e. The number of pyridine rings is 1. The summed E-state index contributed by atoms with van der Waals surface area (Å²) >= 11 is 0. The molecule has 0 aliphatic carbocycles. The van der Waals surface area contributed by atoms with Crippen LogP contribution in [-0.4, -0.2) is 54.6 Å². The second kappa shape index (κ2) is 8.80. The van der Waals surface area contributed by atoms with E-state index in [1.807, 2.05) is 29.2 Å². The van der Waals surface area contributed by atoms with Crippen molar-refractivity contribution in [2.24, 2.45) is 0 Å². The summed E-state index contributed by atoms with van der Waals surface area (Å²) in [4.78, 5) is 23.9. The summed E-state index contributed by atoms with van der Waals surface area (Å²) in [6.45, 7) is 5.95. The minimum absolute atomic E-state index is 0.116. The fraction of sp³-hybridized carbons (Fsp3) is 0.478. The number of nitrogens with zero attached hydrogens (tertiary/aromatic N) is 4. The molecule has 6 heteroatoms. The standard InChI is InChI=1S/C23H29FN4O/c1-2-19-7-5-6-12-28(19)23(29)18-10-11-25-22(17-18)27-15-13-26(14-16-27)21-9-4-3-8-20(21)24/h3-4,8-11,17,19H,2,5-7,12-16H2,1H3. The Balaban J connectivity index is 1.44. The molecule has 0 bridgehead atoms. The van der Waals surface area contributed by atoms with Crippen LogP contribution in [0, 0.1) is 5.82 Å². The number of anilines is 2. The van der Waals surface area contributed by atoms with Gasteiger partial charge in [0.25, 0.3) is 5.91 Å². The predicted octanol–water partition coefficient (Wildman–Crippen LogP) is 3.95. The Labute approximate surface area is 172 Å². The van der Waals surface area contributed by atoms with Crippen molar-refractivity contribution >= 4 is 17.4 Å². The Bertz CT molecular complexity index is 850. The number of aromatic nitrogens is 1. The maximum Gasteiger partial charge on any atom is 0.254 e. The number of para-hydroxylation sites is 1. The van der Waals surface area contributed by atoms with E-state index in [4.69, 9.17) is 0 Å². The molecule has 3 heterocycles. The van der Waals surface area contributed by atoms with Gasteiger partial charge in [-0.2, -0.15) is 0 Å². The van der Waals surface area contributed by atoms with Gasteiger partial charge in [-0.1, -0.05) is 19.1 Å². The summed E-state index contributed by atoms with van der Waals surface area (Å²) in [7, 11) is 0. The molecule has 2 fully saturated rings. The quantitative estimate of drug-likeness (QED) is 0.785. The number of hydrogen-bond acceptors (Lipinski definition) is 4. The third-order valence-corrected chi connectivity index (χ3v) is 6.15. The summed E-state index contributed by atoms with van der Waals surface area (Å²) in [5.74, 6) is 0.762. The number of rotatable bonds is 4. The van der Waals surface area contributed by atoms with Crippen LogP contribution in [0.2, 0.25) is 0 Å². The van der Waals surface area contributed by atoms with Crippen LogP contribution < -0.4 is 9.80 Å². The Morgan fingerprint density at radius 1 is 1.07 bits per heavy atom. The third-order valence-electron chi connectivity index (χ3n) is 6.15. The molecular formula is C23H29FN4O. The fourth-order valence-corrected chi connectivity index (χ4v) is 4.47. The number of benzene rings is 1. The summed E-state index contributed by atoms with van der Waals surface area (Å²) in [5.41, 5.74) is 1.37. The topological polar surface area (TPSA) is 39.7 Å². The van der Waals surface area contributed by atoms with Crippen LogP contribution in [0.1, 0.15) is 43.0 Å². The Hall–Kier alpha value is -2.63. The van der Waals surface area contributed by atoms with E-state index in [2.05, 4.69) is 21.7 Å². The molecule has 1 amide bonds. The Kier molecular flexibility index (Phi) is 5.97. The lowest BCUT2D eigenvalue weighted by molar-refractivity contribution is 0.0608. The van der Waals surface area contributed by atoms with Gasteiger partial charge in [0, 0.05) is 50.5 Å². The van der Waals surface area contributed by atoms with Crippen LogP contribution in [0.3, 0.4) is 0 Å². The van der Waals surface area contributed by atoms with E-state index in [-0.39, 0.29) is 11.7 Å². The monoisotopic (exact) mass is 396 g/mol. The zero-order chi connectivity index (χ0) is 20.2. The summed E-state index contributed by atoms with van der Waals surface area (Å²) in [6, 6.07) is 11.0. The minimum atomic E-state index is -0.182. The van der Waals surface area contributed by atoms with Crippen LogP contribution in [-0.2, 0) is 0 Å². The molecule has 1 aromatic carbocycles. The van der Waals surface area contributed by atoms with Crippen LogP contribution in [0.5, 0.6) is 0 Å². The van der Waals surface area contributed by atoms with E-state index >= 15 is 0 Å². The second-order valence-electron chi connectivity index (χ2n) is 7.88. The van der Waals surface area contributed by atoms with Crippen molar-refractivity contribution in [3.8, 4) is 0 Å². The number of likely N-dealkylation sites (tertiary alicyclic amines) is 1. The molecule has 2 aliphatic rings. The van der Waals surface area contributed by atoms with Gasteiger partial charge in [0.1, 0.15) is 11.6 Å². The molecule has 5 nitrogen and oxygen atoms in total. The van der Waals surface area contributed by atoms with E-state index < -0.39 is 0 Å². The molecule has 0 saturated carbocycles. The first-order valence-electron chi connectivity index (χ1n) is 10.7. The van der Waals surface area contributed by atoms with Gasteiger partial charge in [-0.15, -0.1) is 0 Å².